The van der Waals surface area contributed by atoms with Crippen molar-refractivity contribution in [1.82, 2.24) is 0 Å². The van der Waals surface area contributed by atoms with Crippen LogP contribution in [0.25, 0.3) is 11.1 Å². The van der Waals surface area contributed by atoms with Crippen LogP contribution in [0, 0.1) is 0 Å². The quantitative estimate of drug-likeness (QED) is 0.297. The molecule has 3 rings (SSSR count). The molecular weight excluding hydrogens is 405 g/mol. The van der Waals surface area contributed by atoms with Crippen LogP contribution in [0.2, 0.25) is 0 Å². The SMILES string of the molecule is CCc1ccc(-c2ccc(C(=O)Oc3ccc(C(CC)OC(F)(F)F)cc3)cc2)cc1. The molecule has 3 nitrogen and oxygen atoms in total. The van der Waals surface area contributed by atoms with Crippen LogP contribution in [0.4, 0.5) is 13.2 Å². The number of halogens is 3. The van der Waals surface area contributed by atoms with Crippen LogP contribution in [0.1, 0.15) is 47.9 Å². The van der Waals surface area contributed by atoms with Gasteiger partial charge in [0.15, 0.2) is 0 Å². The zero-order valence-corrected chi connectivity index (χ0v) is 17.3. The molecule has 0 N–H and O–H groups in total. The lowest BCUT2D eigenvalue weighted by Crippen LogP contribution is -2.17. The van der Waals surface area contributed by atoms with Crippen LogP contribution in [0.3, 0.4) is 0 Å². The summed E-state index contributed by atoms with van der Waals surface area (Å²) in [7, 11) is 0. The van der Waals surface area contributed by atoms with E-state index in [9.17, 15) is 18.0 Å². The predicted molar refractivity (Wildman–Crippen MR) is 113 cm³/mol. The number of hydrogen-bond donors (Lipinski definition) is 0. The van der Waals surface area contributed by atoms with Gasteiger partial charge >= 0.3 is 12.3 Å². The first-order valence-corrected chi connectivity index (χ1v) is 10.0. The van der Waals surface area contributed by atoms with Gasteiger partial charge in [-0.25, -0.2) is 4.79 Å². The van der Waals surface area contributed by atoms with Crippen molar-refractivity contribution < 1.29 is 27.4 Å². The van der Waals surface area contributed by atoms with E-state index >= 15 is 0 Å². The Bertz CT molecular complexity index is 992. The molecule has 0 aromatic heterocycles. The van der Waals surface area contributed by atoms with Crippen molar-refractivity contribution in [2.75, 3.05) is 0 Å². The second-order valence-electron chi connectivity index (χ2n) is 7.05. The average molecular weight is 428 g/mol. The fraction of sp³-hybridized carbons (Fsp3) is 0.240. The predicted octanol–water partition coefficient (Wildman–Crippen LogP) is 7.12. The largest absolute Gasteiger partial charge is 0.523 e. The van der Waals surface area contributed by atoms with E-state index in [2.05, 4.69) is 23.8 Å². The van der Waals surface area contributed by atoms with Gasteiger partial charge in [-0.2, -0.15) is 0 Å². The molecule has 0 amide bonds. The standard InChI is InChI=1S/C25H23F3O3/c1-3-17-5-7-18(8-6-17)19-9-11-21(12-10-19)24(29)30-22-15-13-20(14-16-22)23(4-2)31-25(26,27)28/h5-16,23H,3-4H2,1-2H3. The summed E-state index contributed by atoms with van der Waals surface area (Å²) in [6, 6.07) is 21.1. The van der Waals surface area contributed by atoms with Crippen molar-refractivity contribution in [3.05, 3.63) is 89.5 Å². The van der Waals surface area contributed by atoms with Crippen molar-refractivity contribution in [3.63, 3.8) is 0 Å². The number of ether oxygens (including phenoxy) is 2. The van der Waals surface area contributed by atoms with Gasteiger partial charge in [0.1, 0.15) is 5.75 Å². The van der Waals surface area contributed by atoms with E-state index in [1.165, 1.54) is 29.8 Å². The molecule has 3 aromatic carbocycles. The zero-order valence-electron chi connectivity index (χ0n) is 17.3. The third-order valence-electron chi connectivity index (χ3n) is 4.93. The van der Waals surface area contributed by atoms with Gasteiger partial charge in [-0.05, 0) is 59.4 Å². The van der Waals surface area contributed by atoms with Crippen LogP contribution < -0.4 is 4.74 Å². The molecule has 3 aromatic rings. The number of benzene rings is 3. The van der Waals surface area contributed by atoms with E-state index in [4.69, 9.17) is 4.74 Å². The van der Waals surface area contributed by atoms with E-state index in [0.29, 0.717) is 11.1 Å². The molecule has 1 atom stereocenters. The summed E-state index contributed by atoms with van der Waals surface area (Å²) in [6.07, 6.45) is -4.69. The van der Waals surface area contributed by atoms with Crippen molar-refractivity contribution in [3.8, 4) is 16.9 Å². The lowest BCUT2D eigenvalue weighted by molar-refractivity contribution is -0.345. The van der Waals surface area contributed by atoms with Crippen molar-refractivity contribution >= 4 is 5.97 Å². The first kappa shape index (κ1) is 22.6. The Balaban J connectivity index is 1.65. The Morgan fingerprint density at radius 2 is 1.39 bits per heavy atom. The molecule has 0 saturated heterocycles. The minimum atomic E-state index is -4.71. The van der Waals surface area contributed by atoms with Gasteiger partial charge < -0.3 is 4.74 Å². The number of hydrogen-bond acceptors (Lipinski definition) is 3. The summed E-state index contributed by atoms with van der Waals surface area (Å²) in [5, 5.41) is 0. The molecule has 162 valence electrons. The highest BCUT2D eigenvalue weighted by atomic mass is 19.4. The smallest absolute Gasteiger partial charge is 0.423 e. The molecule has 0 spiro atoms. The van der Waals surface area contributed by atoms with Crippen molar-refractivity contribution in [2.24, 2.45) is 0 Å². The van der Waals surface area contributed by atoms with Gasteiger partial charge in [0.25, 0.3) is 0 Å². The third kappa shape index (κ3) is 6.18. The number of carbonyl (C=O) groups is 1. The van der Waals surface area contributed by atoms with Crippen molar-refractivity contribution in [2.45, 2.75) is 39.2 Å². The monoisotopic (exact) mass is 428 g/mol. The maximum Gasteiger partial charge on any atom is 0.523 e. The Morgan fingerprint density at radius 1 is 0.839 bits per heavy atom. The Kier molecular flexibility index (Phi) is 7.13. The highest BCUT2D eigenvalue weighted by Gasteiger charge is 2.33. The van der Waals surface area contributed by atoms with Gasteiger partial charge in [-0.15, -0.1) is 13.2 Å². The van der Waals surface area contributed by atoms with Gasteiger partial charge in [-0.1, -0.05) is 62.4 Å². The van der Waals surface area contributed by atoms with E-state index in [0.717, 1.165) is 17.5 Å². The molecule has 31 heavy (non-hydrogen) atoms. The highest BCUT2D eigenvalue weighted by molar-refractivity contribution is 5.91. The number of rotatable bonds is 7. The molecule has 0 heterocycles. The fourth-order valence-electron chi connectivity index (χ4n) is 3.20. The van der Waals surface area contributed by atoms with Crippen molar-refractivity contribution in [1.29, 1.82) is 0 Å². The Morgan fingerprint density at radius 3 is 1.87 bits per heavy atom. The molecule has 0 aliphatic carbocycles. The molecular formula is C25H23F3O3. The summed E-state index contributed by atoms with van der Waals surface area (Å²) in [5.74, 6) is -0.297. The number of alkyl halides is 3. The average Bonchev–Trinajstić information content (AvgIpc) is 2.77. The van der Waals surface area contributed by atoms with Gasteiger partial charge in [0, 0.05) is 0 Å². The molecule has 6 heteroatoms. The summed E-state index contributed by atoms with van der Waals surface area (Å²) in [4.78, 5) is 12.4. The van der Waals surface area contributed by atoms with Crippen LogP contribution in [0.5, 0.6) is 5.75 Å². The van der Waals surface area contributed by atoms with E-state index < -0.39 is 18.4 Å². The second kappa shape index (κ2) is 9.79. The molecule has 0 radical (unpaired) electrons. The topological polar surface area (TPSA) is 35.5 Å². The van der Waals surface area contributed by atoms with Gasteiger partial charge in [0.2, 0.25) is 0 Å². The highest BCUT2D eigenvalue weighted by Crippen LogP contribution is 2.31. The molecule has 0 saturated carbocycles. The minimum Gasteiger partial charge on any atom is -0.423 e. The number of carbonyl (C=O) groups excluding carboxylic acids is 1. The minimum absolute atomic E-state index is 0.159. The summed E-state index contributed by atoms with van der Waals surface area (Å²) >= 11 is 0. The van der Waals surface area contributed by atoms with Crippen LogP contribution in [0.15, 0.2) is 72.8 Å². The zero-order chi connectivity index (χ0) is 22.4. The maximum atomic E-state index is 12.5. The van der Waals surface area contributed by atoms with E-state index in [1.54, 1.807) is 19.1 Å². The first-order chi connectivity index (χ1) is 14.8. The summed E-state index contributed by atoms with van der Waals surface area (Å²) in [6.45, 7) is 3.70. The maximum absolute atomic E-state index is 12.5. The lowest BCUT2D eigenvalue weighted by atomic mass is 10.0. The fourth-order valence-corrected chi connectivity index (χ4v) is 3.20. The van der Waals surface area contributed by atoms with Crippen LogP contribution in [-0.2, 0) is 11.2 Å². The number of aryl methyl sites for hydroxylation is 1. The Hall–Kier alpha value is -3.12. The molecule has 0 fully saturated rings. The molecule has 1 unspecified atom stereocenters. The second-order valence-corrected chi connectivity index (χ2v) is 7.05. The Labute approximate surface area is 179 Å². The molecule has 0 aliphatic rings. The lowest BCUT2D eigenvalue weighted by Gasteiger charge is -2.18. The molecule has 0 aliphatic heterocycles. The van der Waals surface area contributed by atoms with Gasteiger partial charge in [-0.3, -0.25) is 4.74 Å². The first-order valence-electron chi connectivity index (χ1n) is 10.0. The summed E-state index contributed by atoms with van der Waals surface area (Å²) in [5.41, 5.74) is 4.03. The van der Waals surface area contributed by atoms with Gasteiger partial charge in [0.05, 0.1) is 11.7 Å². The molecule has 0 bridgehead atoms. The van der Waals surface area contributed by atoms with Crippen LogP contribution >= 0.6 is 0 Å². The summed E-state index contributed by atoms with van der Waals surface area (Å²) < 4.78 is 46.9. The van der Waals surface area contributed by atoms with Crippen LogP contribution in [-0.4, -0.2) is 12.3 Å². The van der Waals surface area contributed by atoms with E-state index in [-0.39, 0.29) is 12.2 Å². The third-order valence-corrected chi connectivity index (χ3v) is 4.93. The normalized spacial score (nSPS) is 12.4. The number of esters is 1. The van der Waals surface area contributed by atoms with E-state index in [1.807, 2.05) is 24.3 Å².